The predicted octanol–water partition coefficient (Wildman–Crippen LogP) is 1.99. The topological polar surface area (TPSA) is 90.9 Å². The molecular weight excluding hydrogens is 292 g/mol. The van der Waals surface area contributed by atoms with Crippen LogP contribution in [0.25, 0.3) is 16.9 Å². The zero-order chi connectivity index (χ0) is 15.6. The van der Waals surface area contributed by atoms with Gasteiger partial charge in [0.25, 0.3) is 0 Å². The predicted molar refractivity (Wildman–Crippen MR) is 88.5 cm³/mol. The molecule has 0 spiro atoms. The number of nitrogens with zero attached hydrogens (tertiary/aromatic N) is 4. The Bertz CT molecular complexity index is 824. The van der Waals surface area contributed by atoms with Crippen LogP contribution in [0.2, 0.25) is 0 Å². The van der Waals surface area contributed by atoms with E-state index in [1.165, 1.54) is 6.33 Å². The van der Waals surface area contributed by atoms with E-state index in [-0.39, 0.29) is 6.10 Å². The van der Waals surface area contributed by atoms with Crippen LogP contribution in [-0.2, 0) is 4.74 Å². The molecular formula is C16H18N6O. The van der Waals surface area contributed by atoms with Gasteiger partial charge in [0.15, 0.2) is 11.6 Å². The number of nitrogens with one attached hydrogen (secondary N) is 1. The summed E-state index contributed by atoms with van der Waals surface area (Å²) in [6.07, 6.45) is 5.64. The van der Waals surface area contributed by atoms with Gasteiger partial charge in [-0.2, -0.15) is 0 Å². The number of anilines is 2. The lowest BCUT2D eigenvalue weighted by molar-refractivity contribution is 0.120. The lowest BCUT2D eigenvalue weighted by Crippen LogP contribution is -2.20. The summed E-state index contributed by atoms with van der Waals surface area (Å²) in [6.45, 7) is 1.53. The highest BCUT2D eigenvalue weighted by molar-refractivity contribution is 5.80. The average molecular weight is 310 g/mol. The van der Waals surface area contributed by atoms with E-state index in [2.05, 4.69) is 20.3 Å². The number of aromatic nitrogens is 4. The number of nitrogen functional groups attached to an aromatic ring is 1. The van der Waals surface area contributed by atoms with Gasteiger partial charge in [0.2, 0.25) is 0 Å². The van der Waals surface area contributed by atoms with Gasteiger partial charge in [0.05, 0.1) is 17.1 Å². The Morgan fingerprint density at radius 3 is 3.04 bits per heavy atom. The molecule has 1 aromatic carbocycles. The zero-order valence-corrected chi connectivity index (χ0v) is 12.6. The molecule has 3 N–H and O–H groups in total. The third-order valence-corrected chi connectivity index (χ3v) is 4.07. The molecule has 1 aliphatic heterocycles. The number of imidazole rings is 1. The molecule has 1 saturated heterocycles. The summed E-state index contributed by atoms with van der Waals surface area (Å²) < 4.78 is 7.49. The van der Waals surface area contributed by atoms with Crippen molar-refractivity contribution >= 4 is 22.5 Å². The molecule has 7 heteroatoms. The van der Waals surface area contributed by atoms with Crippen LogP contribution in [-0.4, -0.2) is 38.8 Å². The molecule has 0 aliphatic carbocycles. The van der Waals surface area contributed by atoms with Crippen LogP contribution in [0.15, 0.2) is 36.9 Å². The molecule has 3 aromatic rings. The van der Waals surface area contributed by atoms with E-state index in [1.54, 1.807) is 6.33 Å². The number of hydrogen-bond donors (Lipinski definition) is 2. The van der Waals surface area contributed by atoms with Gasteiger partial charge in [-0.05, 0) is 25.0 Å². The van der Waals surface area contributed by atoms with Crippen molar-refractivity contribution in [1.82, 2.24) is 19.5 Å². The Morgan fingerprint density at radius 1 is 1.26 bits per heavy atom. The molecule has 0 amide bonds. The van der Waals surface area contributed by atoms with Crippen LogP contribution >= 0.6 is 0 Å². The molecule has 1 aliphatic rings. The second-order valence-corrected chi connectivity index (χ2v) is 5.58. The first-order valence-electron chi connectivity index (χ1n) is 7.71. The first kappa shape index (κ1) is 14.0. The zero-order valence-electron chi connectivity index (χ0n) is 12.6. The van der Waals surface area contributed by atoms with Gasteiger partial charge in [0, 0.05) is 13.2 Å². The van der Waals surface area contributed by atoms with Crippen molar-refractivity contribution in [2.45, 2.75) is 18.9 Å². The van der Waals surface area contributed by atoms with Crippen molar-refractivity contribution in [3.05, 3.63) is 36.9 Å². The number of nitrogens with two attached hydrogens (primary N) is 1. The fourth-order valence-corrected chi connectivity index (χ4v) is 2.86. The molecule has 1 fully saturated rings. The van der Waals surface area contributed by atoms with Crippen LogP contribution < -0.4 is 11.1 Å². The van der Waals surface area contributed by atoms with E-state index in [4.69, 9.17) is 10.5 Å². The van der Waals surface area contributed by atoms with Gasteiger partial charge in [-0.15, -0.1) is 0 Å². The minimum absolute atomic E-state index is 0.224. The number of benzene rings is 1. The van der Waals surface area contributed by atoms with Crippen LogP contribution in [0.3, 0.4) is 0 Å². The maximum atomic E-state index is 6.27. The molecule has 1 atom stereocenters. The van der Waals surface area contributed by atoms with Crippen molar-refractivity contribution in [3.8, 4) is 5.82 Å². The Balaban J connectivity index is 1.65. The molecule has 23 heavy (non-hydrogen) atoms. The smallest absolute Gasteiger partial charge is 0.167 e. The molecule has 0 bridgehead atoms. The number of hydrogen-bond acceptors (Lipinski definition) is 6. The number of para-hydroxylation sites is 2. The lowest BCUT2D eigenvalue weighted by Gasteiger charge is -2.14. The largest absolute Gasteiger partial charge is 0.393 e. The highest BCUT2D eigenvalue weighted by Gasteiger charge is 2.17. The fraction of sp³-hybridized carbons (Fsp3) is 0.312. The van der Waals surface area contributed by atoms with Crippen molar-refractivity contribution < 1.29 is 4.74 Å². The summed E-state index contributed by atoms with van der Waals surface area (Å²) in [5.74, 6) is 1.26. The molecule has 0 radical (unpaired) electrons. The summed E-state index contributed by atoms with van der Waals surface area (Å²) in [5, 5.41) is 3.27. The number of ether oxygens (including phenoxy) is 1. The van der Waals surface area contributed by atoms with Crippen LogP contribution in [0.5, 0.6) is 0 Å². The van der Waals surface area contributed by atoms with E-state index in [9.17, 15) is 0 Å². The minimum Gasteiger partial charge on any atom is -0.393 e. The van der Waals surface area contributed by atoms with Gasteiger partial charge in [-0.1, -0.05) is 12.1 Å². The van der Waals surface area contributed by atoms with E-state index < -0.39 is 0 Å². The number of fused-ring (bicyclic) bond motifs is 1. The molecule has 118 valence electrons. The van der Waals surface area contributed by atoms with Gasteiger partial charge in [-0.25, -0.2) is 15.0 Å². The molecule has 1 unspecified atom stereocenters. The second kappa shape index (κ2) is 5.85. The molecule has 7 nitrogen and oxygen atoms in total. The molecule has 4 rings (SSSR count). The van der Waals surface area contributed by atoms with E-state index in [0.29, 0.717) is 23.9 Å². The normalized spacial score (nSPS) is 17.7. The maximum Gasteiger partial charge on any atom is 0.167 e. The fourth-order valence-electron chi connectivity index (χ4n) is 2.86. The average Bonchev–Trinajstić information content (AvgIpc) is 3.23. The Labute approximate surface area is 133 Å². The van der Waals surface area contributed by atoms with Gasteiger partial charge >= 0.3 is 0 Å². The third-order valence-electron chi connectivity index (χ3n) is 4.07. The van der Waals surface area contributed by atoms with Gasteiger partial charge in [-0.3, -0.25) is 4.57 Å². The number of rotatable bonds is 4. The molecule has 2 aromatic heterocycles. The monoisotopic (exact) mass is 310 g/mol. The summed E-state index contributed by atoms with van der Waals surface area (Å²) >= 11 is 0. The first-order valence-corrected chi connectivity index (χ1v) is 7.71. The van der Waals surface area contributed by atoms with Crippen LogP contribution in [0, 0.1) is 0 Å². The van der Waals surface area contributed by atoms with Gasteiger partial charge in [0.1, 0.15) is 18.3 Å². The summed E-state index contributed by atoms with van der Waals surface area (Å²) in [5.41, 5.74) is 8.64. The van der Waals surface area contributed by atoms with Crippen molar-refractivity contribution in [2.24, 2.45) is 0 Å². The SMILES string of the molecule is Nc1c(NCC2CCCO2)ncnc1-n1cnc2ccccc21. The van der Waals surface area contributed by atoms with Gasteiger partial charge < -0.3 is 15.8 Å². The third kappa shape index (κ3) is 2.59. The van der Waals surface area contributed by atoms with E-state index in [1.807, 2.05) is 28.8 Å². The molecule has 3 heterocycles. The quantitative estimate of drug-likeness (QED) is 0.766. The maximum absolute atomic E-state index is 6.27. The standard InChI is InChI=1S/C16H18N6O/c17-14-15(18-8-11-4-3-7-23-11)19-9-20-16(14)22-10-21-12-5-1-2-6-13(12)22/h1-2,5-6,9-11H,3-4,7-8,17H2,(H,18,19,20). The lowest BCUT2D eigenvalue weighted by atomic mass is 10.2. The first-order chi connectivity index (χ1) is 11.3. The Morgan fingerprint density at radius 2 is 2.17 bits per heavy atom. The minimum atomic E-state index is 0.224. The van der Waals surface area contributed by atoms with E-state index in [0.717, 1.165) is 30.5 Å². The molecule has 0 saturated carbocycles. The Hall–Kier alpha value is -2.67. The van der Waals surface area contributed by atoms with Crippen LogP contribution in [0.1, 0.15) is 12.8 Å². The summed E-state index contributed by atoms with van der Waals surface area (Å²) in [7, 11) is 0. The van der Waals surface area contributed by atoms with Crippen LogP contribution in [0.4, 0.5) is 11.5 Å². The highest BCUT2D eigenvalue weighted by Crippen LogP contribution is 2.25. The Kier molecular flexibility index (Phi) is 3.55. The summed E-state index contributed by atoms with van der Waals surface area (Å²) in [4.78, 5) is 13.0. The van der Waals surface area contributed by atoms with Crippen molar-refractivity contribution in [1.29, 1.82) is 0 Å². The van der Waals surface area contributed by atoms with Crippen molar-refractivity contribution in [3.63, 3.8) is 0 Å². The van der Waals surface area contributed by atoms with Crippen molar-refractivity contribution in [2.75, 3.05) is 24.2 Å². The highest BCUT2D eigenvalue weighted by atomic mass is 16.5. The summed E-state index contributed by atoms with van der Waals surface area (Å²) in [6, 6.07) is 7.87. The second-order valence-electron chi connectivity index (χ2n) is 5.58. The van der Waals surface area contributed by atoms with E-state index >= 15 is 0 Å².